The van der Waals surface area contributed by atoms with E-state index < -0.39 is 0 Å². The van der Waals surface area contributed by atoms with Crippen LogP contribution < -0.4 is 2.13 Å². The first-order valence-corrected chi connectivity index (χ1v) is 5.13. The van der Waals surface area contributed by atoms with Crippen molar-refractivity contribution in [1.82, 2.24) is 0 Å². The topological polar surface area (TPSA) is 0 Å². The Morgan fingerprint density at radius 2 is 2.00 bits per heavy atom. The molecular weight excluding hydrogens is 151 g/mol. The summed E-state index contributed by atoms with van der Waals surface area (Å²) in [6.45, 7) is 0. The third-order valence-electron chi connectivity index (χ3n) is 1.55. The Hall–Kier alpha value is 0.180. The number of rotatable bonds is 0. The zero-order valence-electron chi connectivity index (χ0n) is 5.79. The minimum absolute atomic E-state index is 1.18. The maximum atomic E-state index is 2.28. The average molecular weight is 156 g/mol. The van der Waals surface area contributed by atoms with Crippen LogP contribution >= 0.6 is 11.3 Å². The van der Waals surface area contributed by atoms with E-state index >= 15 is 0 Å². The van der Waals surface area contributed by atoms with Crippen molar-refractivity contribution in [2.24, 2.45) is 0 Å². The van der Waals surface area contributed by atoms with Gasteiger partial charge in [0.2, 0.25) is 0 Å². The first-order chi connectivity index (χ1) is 4.86. The van der Waals surface area contributed by atoms with Crippen molar-refractivity contribution >= 4 is 51.5 Å². The molecule has 0 N–H and O–H groups in total. The Morgan fingerprint density at radius 1 is 1.20 bits per heavy atom. The van der Waals surface area contributed by atoms with Crippen LogP contribution in [0.3, 0.4) is 0 Å². The minimum atomic E-state index is 1.18. The van der Waals surface area contributed by atoms with Crippen molar-refractivity contribution in [3.05, 3.63) is 30.3 Å². The van der Waals surface area contributed by atoms with Gasteiger partial charge in [-0.3, -0.25) is 0 Å². The van der Waals surface area contributed by atoms with Gasteiger partial charge in [-0.1, -0.05) is 0 Å². The summed E-state index contributed by atoms with van der Waals surface area (Å²) in [7, 11) is 0. The summed E-state index contributed by atoms with van der Waals surface area (Å²) in [6, 6.07) is 10.8. The van der Waals surface area contributed by atoms with Gasteiger partial charge in [-0.05, 0) is 0 Å². The van der Waals surface area contributed by atoms with E-state index in [-0.39, 0.29) is 0 Å². The van der Waals surface area contributed by atoms with E-state index in [9.17, 15) is 0 Å². The molecule has 0 spiro atoms. The van der Waals surface area contributed by atoms with E-state index in [0.29, 0.717) is 0 Å². The van der Waals surface area contributed by atoms with Crippen molar-refractivity contribution in [3.63, 3.8) is 0 Å². The molecule has 0 aliphatic rings. The van der Waals surface area contributed by atoms with Crippen LogP contribution in [-0.4, -0.2) is 27.9 Å². The SMILES string of the molecule is [Na][c]1cc2ccccc2s1. The third-order valence-corrected chi connectivity index (χ3v) is 3.48. The van der Waals surface area contributed by atoms with E-state index in [4.69, 9.17) is 0 Å². The molecule has 0 saturated heterocycles. The molecule has 0 amide bonds. The zero-order valence-corrected chi connectivity index (χ0v) is 8.61. The molecule has 44 valence electrons. The molecule has 1 heterocycles. The van der Waals surface area contributed by atoms with Crippen LogP contribution in [0.1, 0.15) is 0 Å². The van der Waals surface area contributed by atoms with Gasteiger partial charge in [0.05, 0.1) is 0 Å². The Balaban J connectivity index is 2.88. The second-order valence-corrected chi connectivity index (χ2v) is 5.48. The van der Waals surface area contributed by atoms with Crippen LogP contribution in [0, 0.1) is 0 Å². The van der Waals surface area contributed by atoms with Gasteiger partial charge in [-0.15, -0.1) is 0 Å². The summed E-state index contributed by atoms with van der Waals surface area (Å²) in [5.74, 6) is 0. The van der Waals surface area contributed by atoms with E-state index in [1.54, 1.807) is 0 Å². The molecule has 0 radical (unpaired) electrons. The molecule has 10 heavy (non-hydrogen) atoms. The summed E-state index contributed by atoms with van der Waals surface area (Å²) in [4.78, 5) is 0. The number of hydrogen-bond donors (Lipinski definition) is 0. The second kappa shape index (κ2) is 2.67. The van der Waals surface area contributed by atoms with Crippen LogP contribution in [0.2, 0.25) is 0 Å². The fraction of sp³-hybridized carbons (Fsp3) is 0. The molecule has 2 aromatic rings. The first kappa shape index (κ1) is 6.86. The third kappa shape index (κ3) is 1.15. The fourth-order valence-electron chi connectivity index (χ4n) is 1.11. The number of fused-ring (bicyclic) bond motifs is 1. The molecule has 0 aliphatic carbocycles. The van der Waals surface area contributed by atoms with Crippen LogP contribution in [0.5, 0.6) is 0 Å². The van der Waals surface area contributed by atoms with Crippen LogP contribution in [0.15, 0.2) is 30.3 Å². The Kier molecular flexibility index (Phi) is 1.83. The van der Waals surface area contributed by atoms with Crippen molar-refractivity contribution in [3.8, 4) is 0 Å². The van der Waals surface area contributed by atoms with Crippen molar-refractivity contribution in [2.45, 2.75) is 0 Å². The molecule has 0 unspecified atom stereocenters. The molecule has 0 aliphatic heterocycles. The van der Waals surface area contributed by atoms with E-state index in [1.165, 1.54) is 40.1 Å². The fourth-order valence-corrected chi connectivity index (χ4v) is 3.01. The van der Waals surface area contributed by atoms with Crippen molar-refractivity contribution in [1.29, 1.82) is 0 Å². The monoisotopic (exact) mass is 156 g/mol. The van der Waals surface area contributed by atoms with Crippen LogP contribution in [0.25, 0.3) is 10.1 Å². The van der Waals surface area contributed by atoms with Crippen molar-refractivity contribution in [2.75, 3.05) is 0 Å². The van der Waals surface area contributed by atoms with Gasteiger partial charge < -0.3 is 0 Å². The number of hydrogen-bond acceptors (Lipinski definition) is 1. The Morgan fingerprint density at radius 3 is 2.80 bits per heavy atom. The zero-order chi connectivity index (χ0) is 6.97. The molecule has 0 saturated carbocycles. The van der Waals surface area contributed by atoms with Gasteiger partial charge in [-0.2, -0.15) is 0 Å². The van der Waals surface area contributed by atoms with Crippen LogP contribution in [-0.2, 0) is 0 Å². The molecule has 2 rings (SSSR count). The molecule has 1 aromatic heterocycles. The summed E-state index contributed by atoms with van der Waals surface area (Å²) >= 11 is 3.09. The van der Waals surface area contributed by atoms with Gasteiger partial charge in [0, 0.05) is 0 Å². The summed E-state index contributed by atoms with van der Waals surface area (Å²) in [6.07, 6.45) is 0. The molecule has 0 bridgehead atoms. The number of benzene rings is 1. The Labute approximate surface area is 81.3 Å². The number of thiophene rings is 1. The molecule has 0 fully saturated rings. The molecular formula is C8H5NaS. The summed E-state index contributed by atoms with van der Waals surface area (Å²) in [5, 5.41) is 1.40. The molecule has 0 nitrogen and oxygen atoms in total. The average Bonchev–Trinajstić information content (AvgIpc) is 2.27. The predicted molar refractivity (Wildman–Crippen MR) is 47.2 cm³/mol. The second-order valence-electron chi connectivity index (χ2n) is 2.39. The predicted octanol–water partition coefficient (Wildman–Crippen LogP) is 1.70. The molecule has 1 aromatic carbocycles. The quantitative estimate of drug-likeness (QED) is 0.509. The van der Waals surface area contributed by atoms with Crippen LogP contribution in [0.4, 0.5) is 0 Å². The van der Waals surface area contributed by atoms with Gasteiger partial charge in [0.1, 0.15) is 0 Å². The normalized spacial score (nSPS) is 10.6. The van der Waals surface area contributed by atoms with Crippen molar-refractivity contribution < 1.29 is 0 Å². The summed E-state index contributed by atoms with van der Waals surface area (Å²) in [5.41, 5.74) is 0. The van der Waals surface area contributed by atoms with E-state index in [1.807, 2.05) is 11.3 Å². The van der Waals surface area contributed by atoms with Gasteiger partial charge in [0.25, 0.3) is 0 Å². The van der Waals surface area contributed by atoms with Gasteiger partial charge >= 0.3 is 81.8 Å². The Bertz CT molecular complexity index is 318. The standard InChI is InChI=1S/C8H5S.Na/c1-2-4-8-7(3-1)5-6-9-8;/h1-5H;. The van der Waals surface area contributed by atoms with Gasteiger partial charge in [-0.25, -0.2) is 0 Å². The maximum absolute atomic E-state index is 2.28. The van der Waals surface area contributed by atoms with E-state index in [2.05, 4.69) is 30.3 Å². The molecule has 2 heteroatoms. The molecule has 0 atom stereocenters. The van der Waals surface area contributed by atoms with Gasteiger partial charge in [0.15, 0.2) is 0 Å². The summed E-state index contributed by atoms with van der Waals surface area (Å²) < 4.78 is 2.95. The first-order valence-electron chi connectivity index (χ1n) is 3.31. The van der Waals surface area contributed by atoms with E-state index in [0.717, 1.165) is 0 Å².